The van der Waals surface area contributed by atoms with Crippen LogP contribution in [0.2, 0.25) is 0 Å². The topological polar surface area (TPSA) is 177 Å². The number of carbonyl (C=O) groups is 3. The molecule has 0 aliphatic rings. The van der Waals surface area contributed by atoms with E-state index in [-0.39, 0.29) is 12.4 Å². The number of amides is 2. The van der Waals surface area contributed by atoms with Gasteiger partial charge in [-0.1, -0.05) is 0 Å². The molecule has 0 aliphatic carbocycles. The van der Waals surface area contributed by atoms with Gasteiger partial charge in [0.2, 0.25) is 11.8 Å². The Morgan fingerprint density at radius 1 is 1.32 bits per heavy atom. The highest BCUT2D eigenvalue weighted by Gasteiger charge is 2.25. The summed E-state index contributed by atoms with van der Waals surface area (Å²) in [5, 5.41) is 11.2. The lowest BCUT2D eigenvalue weighted by Crippen LogP contribution is -2.52. The van der Waals surface area contributed by atoms with E-state index in [9.17, 15) is 14.4 Å². The molecule has 0 aromatic carbocycles. The van der Waals surface area contributed by atoms with Gasteiger partial charge in [-0.2, -0.15) is 0 Å². The Bertz CT molecular complexity index is 433. The van der Waals surface area contributed by atoms with E-state index in [4.69, 9.17) is 22.3 Å². The van der Waals surface area contributed by atoms with E-state index in [1.807, 2.05) is 0 Å². The normalized spacial score (nSPS) is 12.9. The van der Waals surface area contributed by atoms with Gasteiger partial charge in [0.15, 0.2) is 5.96 Å². The fourth-order valence-corrected chi connectivity index (χ4v) is 1.61. The minimum Gasteiger partial charge on any atom is -0.480 e. The number of aliphatic imine (C=N–C) groups is 1. The smallest absolute Gasteiger partial charge is 0.323 e. The van der Waals surface area contributed by atoms with E-state index in [0.29, 0.717) is 13.0 Å². The third-order valence-corrected chi connectivity index (χ3v) is 2.72. The zero-order valence-electron chi connectivity index (χ0n) is 12.8. The van der Waals surface area contributed by atoms with Crippen molar-refractivity contribution in [3.8, 4) is 0 Å². The number of guanidine groups is 1. The number of nitrogens with one attached hydrogen (secondary N) is 1. The molecule has 8 N–H and O–H groups in total. The van der Waals surface area contributed by atoms with Gasteiger partial charge >= 0.3 is 5.97 Å². The molecule has 0 aliphatic heterocycles. The number of likely N-dealkylation sites (N-methyl/N-ethyl adjacent to an activating group) is 1. The highest BCUT2D eigenvalue weighted by molar-refractivity contribution is 5.90. The number of hydrogen-bond donors (Lipinski definition) is 5. The van der Waals surface area contributed by atoms with E-state index in [1.54, 1.807) is 0 Å². The molecule has 0 bridgehead atoms. The van der Waals surface area contributed by atoms with Crippen LogP contribution in [0.5, 0.6) is 0 Å². The van der Waals surface area contributed by atoms with Gasteiger partial charge in [-0.3, -0.25) is 19.4 Å². The first kappa shape index (κ1) is 19.6. The Morgan fingerprint density at radius 3 is 2.36 bits per heavy atom. The Hall–Kier alpha value is -2.36. The molecule has 0 spiro atoms. The molecule has 10 nitrogen and oxygen atoms in total. The monoisotopic (exact) mass is 316 g/mol. The lowest BCUT2D eigenvalue weighted by Gasteiger charge is -2.24. The van der Waals surface area contributed by atoms with Crippen molar-refractivity contribution in [2.75, 3.05) is 20.1 Å². The van der Waals surface area contributed by atoms with Crippen molar-refractivity contribution >= 4 is 23.7 Å². The fraction of sp³-hybridized carbons (Fsp3) is 0.667. The van der Waals surface area contributed by atoms with Gasteiger partial charge in [0.05, 0.1) is 6.04 Å². The van der Waals surface area contributed by atoms with E-state index in [1.165, 1.54) is 14.0 Å². The van der Waals surface area contributed by atoms with Crippen molar-refractivity contribution in [3.63, 3.8) is 0 Å². The molecule has 0 heterocycles. The molecule has 0 saturated heterocycles. The zero-order chi connectivity index (χ0) is 17.3. The molecule has 126 valence electrons. The van der Waals surface area contributed by atoms with Crippen LogP contribution in [-0.4, -0.2) is 66.0 Å². The molecule has 0 fully saturated rings. The van der Waals surface area contributed by atoms with Gasteiger partial charge in [0.25, 0.3) is 0 Å². The van der Waals surface area contributed by atoms with Gasteiger partial charge in [-0.15, -0.1) is 0 Å². The third kappa shape index (κ3) is 8.04. The van der Waals surface area contributed by atoms with Crippen LogP contribution in [-0.2, 0) is 14.4 Å². The summed E-state index contributed by atoms with van der Waals surface area (Å²) in [5.74, 6) is -2.22. The lowest BCUT2D eigenvalue weighted by atomic mass is 10.1. The molecule has 0 rings (SSSR count). The van der Waals surface area contributed by atoms with E-state index in [2.05, 4.69) is 10.3 Å². The quantitative estimate of drug-likeness (QED) is 0.176. The van der Waals surface area contributed by atoms with Crippen molar-refractivity contribution in [1.82, 2.24) is 10.2 Å². The van der Waals surface area contributed by atoms with E-state index in [0.717, 1.165) is 4.90 Å². The second-order valence-electron chi connectivity index (χ2n) is 4.89. The third-order valence-electron chi connectivity index (χ3n) is 2.72. The van der Waals surface area contributed by atoms with Crippen LogP contribution in [0.15, 0.2) is 4.99 Å². The highest BCUT2D eigenvalue weighted by atomic mass is 16.4. The minimum absolute atomic E-state index is 0.0644. The molecule has 22 heavy (non-hydrogen) atoms. The summed E-state index contributed by atoms with van der Waals surface area (Å²) in [7, 11) is 1.34. The summed E-state index contributed by atoms with van der Waals surface area (Å²) in [4.78, 5) is 39.3. The molecular weight excluding hydrogens is 292 g/mol. The number of carboxylic acids is 1. The Labute approximate surface area is 128 Å². The van der Waals surface area contributed by atoms with Crippen LogP contribution < -0.4 is 22.5 Å². The molecule has 0 unspecified atom stereocenters. The first-order valence-corrected chi connectivity index (χ1v) is 6.73. The Balaban J connectivity index is 4.76. The van der Waals surface area contributed by atoms with Gasteiger partial charge in [-0.25, -0.2) is 0 Å². The fourth-order valence-electron chi connectivity index (χ4n) is 1.61. The zero-order valence-corrected chi connectivity index (χ0v) is 12.8. The van der Waals surface area contributed by atoms with Crippen LogP contribution in [0, 0.1) is 0 Å². The van der Waals surface area contributed by atoms with Crippen LogP contribution >= 0.6 is 0 Å². The number of aliphatic carboxylic acids is 1. The van der Waals surface area contributed by atoms with Crippen LogP contribution in [0.25, 0.3) is 0 Å². The SMILES string of the molecule is C[C@H](N)C(=O)N[C@@H](CCCN=C(N)N)C(=O)N(C)CC(=O)O. The van der Waals surface area contributed by atoms with Crippen LogP contribution in [0.4, 0.5) is 0 Å². The molecule has 0 saturated carbocycles. The number of hydrogen-bond acceptors (Lipinski definition) is 5. The van der Waals surface area contributed by atoms with Gasteiger partial charge in [0.1, 0.15) is 12.6 Å². The summed E-state index contributed by atoms with van der Waals surface area (Å²) in [6, 6.07) is -1.66. The maximum Gasteiger partial charge on any atom is 0.323 e. The Kier molecular flexibility index (Phi) is 8.53. The molecule has 10 heteroatoms. The second kappa shape index (κ2) is 9.55. The van der Waals surface area contributed by atoms with Gasteiger partial charge in [-0.05, 0) is 19.8 Å². The molecule has 0 radical (unpaired) electrons. The number of carboxylic acid groups (broad SMARTS) is 1. The lowest BCUT2D eigenvalue weighted by molar-refractivity contribution is -0.144. The molecule has 2 amide bonds. The molecule has 0 aromatic heterocycles. The maximum atomic E-state index is 12.2. The standard InChI is InChI=1S/C12H24N6O4/c1-7(13)10(21)17-8(4-3-5-16-12(14)15)11(22)18(2)6-9(19)20/h7-8H,3-6,13H2,1-2H3,(H,17,21)(H,19,20)(H4,14,15,16)/t7-,8-/m0/s1. The summed E-state index contributed by atoms with van der Waals surface area (Å²) in [6.45, 7) is 1.32. The van der Waals surface area contributed by atoms with Gasteiger partial charge < -0.3 is 32.5 Å². The summed E-state index contributed by atoms with van der Waals surface area (Å²) >= 11 is 0. The van der Waals surface area contributed by atoms with Crippen molar-refractivity contribution in [2.45, 2.75) is 31.8 Å². The minimum atomic E-state index is -1.14. The van der Waals surface area contributed by atoms with E-state index < -0.39 is 36.4 Å². The molecular formula is C12H24N6O4. The Morgan fingerprint density at radius 2 is 1.91 bits per heavy atom. The predicted molar refractivity (Wildman–Crippen MR) is 80.8 cm³/mol. The average Bonchev–Trinajstić information content (AvgIpc) is 2.39. The molecule has 2 atom stereocenters. The first-order valence-electron chi connectivity index (χ1n) is 6.73. The average molecular weight is 316 g/mol. The number of carbonyl (C=O) groups excluding carboxylic acids is 2. The number of nitrogens with two attached hydrogens (primary N) is 3. The largest absolute Gasteiger partial charge is 0.480 e. The van der Waals surface area contributed by atoms with Gasteiger partial charge in [0, 0.05) is 13.6 Å². The number of rotatable bonds is 9. The highest BCUT2D eigenvalue weighted by Crippen LogP contribution is 2.03. The van der Waals surface area contributed by atoms with Crippen molar-refractivity contribution in [2.24, 2.45) is 22.2 Å². The maximum absolute atomic E-state index is 12.2. The van der Waals surface area contributed by atoms with Crippen molar-refractivity contribution in [3.05, 3.63) is 0 Å². The van der Waals surface area contributed by atoms with Crippen LogP contribution in [0.1, 0.15) is 19.8 Å². The first-order chi connectivity index (χ1) is 10.1. The van der Waals surface area contributed by atoms with Crippen molar-refractivity contribution in [1.29, 1.82) is 0 Å². The summed E-state index contributed by atoms with van der Waals surface area (Å²) < 4.78 is 0. The number of nitrogens with zero attached hydrogens (tertiary/aromatic N) is 2. The van der Waals surface area contributed by atoms with E-state index >= 15 is 0 Å². The second-order valence-corrected chi connectivity index (χ2v) is 4.89. The predicted octanol–water partition coefficient (Wildman–Crippen LogP) is -2.58. The summed E-state index contributed by atoms with van der Waals surface area (Å²) in [6.07, 6.45) is 0.701. The van der Waals surface area contributed by atoms with Crippen LogP contribution in [0.3, 0.4) is 0 Å². The molecule has 0 aromatic rings. The summed E-state index contributed by atoms with van der Waals surface area (Å²) in [5.41, 5.74) is 15.8. The van der Waals surface area contributed by atoms with Crippen molar-refractivity contribution < 1.29 is 19.5 Å².